The lowest BCUT2D eigenvalue weighted by molar-refractivity contribution is 0.0132. The molecule has 1 spiro atoms. The zero-order valence-corrected chi connectivity index (χ0v) is 24.3. The van der Waals surface area contributed by atoms with Crippen molar-refractivity contribution < 1.29 is 22.7 Å². The van der Waals surface area contributed by atoms with Crippen LogP contribution in [0.25, 0.3) is 0 Å². The lowest BCUT2D eigenvalue weighted by Crippen LogP contribution is -2.49. The van der Waals surface area contributed by atoms with Crippen LogP contribution in [0.3, 0.4) is 0 Å². The number of methoxy groups -OCH3 is 1. The second-order valence-corrected chi connectivity index (χ2v) is 13.5. The minimum Gasteiger partial charge on any atom is -0.490 e. The number of carbonyl (C=O) groups is 1. The van der Waals surface area contributed by atoms with Crippen LogP contribution in [0.1, 0.15) is 53.6 Å². The summed E-state index contributed by atoms with van der Waals surface area (Å²) in [5, 5.41) is 0.745. The first-order valence-corrected chi connectivity index (χ1v) is 15.9. The molecule has 0 saturated heterocycles. The van der Waals surface area contributed by atoms with E-state index in [0.717, 1.165) is 55.9 Å². The molecule has 0 unspecified atom stereocenters. The highest BCUT2D eigenvalue weighted by Gasteiger charge is 2.44. The summed E-state index contributed by atoms with van der Waals surface area (Å²) in [7, 11) is -2.27. The summed E-state index contributed by atoms with van der Waals surface area (Å²) in [6.07, 6.45) is 9.67. The van der Waals surface area contributed by atoms with Gasteiger partial charge in [-0.3, -0.25) is 4.79 Å². The molecule has 4 aliphatic rings. The van der Waals surface area contributed by atoms with Gasteiger partial charge in [0.2, 0.25) is 0 Å². The van der Waals surface area contributed by atoms with Gasteiger partial charge in [-0.05, 0) is 91.8 Å². The molecule has 1 amide bonds. The first kappa shape index (κ1) is 27.6. The number of hydrogen-bond donors (Lipinski definition) is 2. The van der Waals surface area contributed by atoms with Gasteiger partial charge in [0.15, 0.2) is 0 Å². The Morgan fingerprint density at radius 3 is 2.85 bits per heavy atom. The Morgan fingerprint density at radius 1 is 1.18 bits per heavy atom. The number of nitrogens with zero attached hydrogens (tertiary/aromatic N) is 1. The number of rotatable bonds is 1. The monoisotopic (exact) mass is 585 g/mol. The third-order valence-electron chi connectivity index (χ3n) is 9.08. The number of anilines is 1. The Kier molecular flexibility index (Phi) is 7.59. The van der Waals surface area contributed by atoms with Crippen molar-refractivity contribution in [1.82, 2.24) is 9.44 Å². The van der Waals surface area contributed by atoms with Gasteiger partial charge in [0.1, 0.15) is 5.75 Å². The minimum absolute atomic E-state index is 0.0384. The molecule has 2 aromatic rings. The molecule has 214 valence electrons. The average Bonchev–Trinajstić information content (AvgIpc) is 3.06. The quantitative estimate of drug-likeness (QED) is 0.482. The highest BCUT2D eigenvalue weighted by Crippen LogP contribution is 2.47. The van der Waals surface area contributed by atoms with Gasteiger partial charge in [0, 0.05) is 42.7 Å². The van der Waals surface area contributed by atoms with Crippen LogP contribution in [0.2, 0.25) is 5.02 Å². The normalized spacial score (nSPS) is 30.6. The van der Waals surface area contributed by atoms with Crippen LogP contribution in [0.4, 0.5) is 5.69 Å². The highest BCUT2D eigenvalue weighted by molar-refractivity contribution is 7.88. The van der Waals surface area contributed by atoms with Crippen molar-refractivity contribution in [2.45, 2.75) is 50.0 Å². The third kappa shape index (κ3) is 5.36. The lowest BCUT2D eigenvalue weighted by Gasteiger charge is -2.46. The van der Waals surface area contributed by atoms with E-state index in [0.29, 0.717) is 30.6 Å². The van der Waals surface area contributed by atoms with Crippen LogP contribution in [-0.4, -0.2) is 53.8 Å². The summed E-state index contributed by atoms with van der Waals surface area (Å²) >= 11 is 6.38. The summed E-state index contributed by atoms with van der Waals surface area (Å²) in [5.41, 5.74) is 3.41. The fourth-order valence-electron chi connectivity index (χ4n) is 6.91. The van der Waals surface area contributed by atoms with E-state index >= 15 is 0 Å². The summed E-state index contributed by atoms with van der Waals surface area (Å²) < 4.78 is 42.1. The Bertz CT molecular complexity index is 1430. The predicted molar refractivity (Wildman–Crippen MR) is 155 cm³/mol. The molecule has 1 saturated carbocycles. The zero-order chi connectivity index (χ0) is 27.9. The average molecular weight is 586 g/mol. The fourth-order valence-corrected chi connectivity index (χ4v) is 7.93. The molecule has 2 aliphatic heterocycles. The van der Waals surface area contributed by atoms with Crippen LogP contribution >= 0.6 is 11.6 Å². The second kappa shape index (κ2) is 11.0. The van der Waals surface area contributed by atoms with E-state index in [1.165, 1.54) is 11.1 Å². The number of ether oxygens (including phenoxy) is 2. The van der Waals surface area contributed by atoms with Gasteiger partial charge < -0.3 is 14.4 Å². The molecule has 10 heteroatoms. The first-order chi connectivity index (χ1) is 19.3. The summed E-state index contributed by atoms with van der Waals surface area (Å²) in [4.78, 5) is 15.4. The molecule has 2 heterocycles. The van der Waals surface area contributed by atoms with Crippen molar-refractivity contribution in [3.05, 3.63) is 70.3 Å². The molecular formula is C30H36ClN3O5S. The molecule has 4 atom stereocenters. The fraction of sp³-hybridized carbons (Fsp3) is 0.500. The Morgan fingerprint density at radius 2 is 2.05 bits per heavy atom. The van der Waals surface area contributed by atoms with Crippen molar-refractivity contribution in [2.24, 2.45) is 11.8 Å². The smallest absolute Gasteiger partial charge is 0.301 e. The SMILES string of the molecule is CO[C@H]1/C=C/CCNS(=O)(=O)NC(=O)c2ccc3c(c2)N(C[C@@H]2CC[C@H]21)C[C@@]1(CCCc2cc(Cl)ccc21)CO3. The van der Waals surface area contributed by atoms with Crippen LogP contribution < -0.4 is 19.1 Å². The van der Waals surface area contributed by atoms with Gasteiger partial charge in [-0.15, -0.1) is 0 Å². The molecule has 8 nitrogen and oxygen atoms in total. The lowest BCUT2D eigenvalue weighted by atomic mass is 9.68. The van der Waals surface area contributed by atoms with E-state index in [4.69, 9.17) is 21.1 Å². The number of amides is 1. The van der Waals surface area contributed by atoms with Gasteiger partial charge in [-0.2, -0.15) is 13.1 Å². The topological polar surface area (TPSA) is 97.0 Å². The van der Waals surface area contributed by atoms with Gasteiger partial charge in [0.05, 0.1) is 18.4 Å². The molecule has 2 bridgehead atoms. The number of benzene rings is 2. The van der Waals surface area contributed by atoms with Gasteiger partial charge in [-0.1, -0.05) is 29.8 Å². The maximum atomic E-state index is 13.1. The van der Waals surface area contributed by atoms with E-state index in [2.05, 4.69) is 32.6 Å². The zero-order valence-electron chi connectivity index (χ0n) is 22.7. The maximum absolute atomic E-state index is 13.1. The summed E-state index contributed by atoms with van der Waals surface area (Å²) in [5.74, 6) is 0.805. The number of fused-ring (bicyclic) bond motifs is 4. The number of aryl methyl sites for hydroxylation is 1. The molecule has 0 radical (unpaired) electrons. The molecule has 2 N–H and O–H groups in total. The van der Waals surface area contributed by atoms with Crippen LogP contribution in [-0.2, 0) is 26.8 Å². The van der Waals surface area contributed by atoms with Gasteiger partial charge in [0.25, 0.3) is 5.91 Å². The van der Waals surface area contributed by atoms with Crippen molar-refractivity contribution in [3.8, 4) is 5.75 Å². The number of halogens is 1. The highest BCUT2D eigenvalue weighted by atomic mass is 35.5. The van der Waals surface area contributed by atoms with Crippen molar-refractivity contribution >= 4 is 33.4 Å². The minimum atomic E-state index is -4.01. The maximum Gasteiger partial charge on any atom is 0.301 e. The van der Waals surface area contributed by atoms with Crippen molar-refractivity contribution in [3.63, 3.8) is 0 Å². The first-order valence-electron chi connectivity index (χ1n) is 14.1. The molecular weight excluding hydrogens is 550 g/mol. The molecule has 0 aromatic heterocycles. The Balaban J connectivity index is 1.42. The van der Waals surface area contributed by atoms with E-state index in [9.17, 15) is 13.2 Å². The number of hydrogen-bond acceptors (Lipinski definition) is 6. The molecule has 2 aliphatic carbocycles. The largest absolute Gasteiger partial charge is 0.490 e. The van der Waals surface area contributed by atoms with Crippen LogP contribution in [0, 0.1) is 11.8 Å². The van der Waals surface area contributed by atoms with Crippen molar-refractivity contribution in [2.75, 3.05) is 38.3 Å². The van der Waals surface area contributed by atoms with E-state index in [-0.39, 0.29) is 23.6 Å². The molecule has 2 aromatic carbocycles. The third-order valence-corrected chi connectivity index (χ3v) is 10.4. The van der Waals surface area contributed by atoms with Crippen LogP contribution in [0.5, 0.6) is 5.75 Å². The summed E-state index contributed by atoms with van der Waals surface area (Å²) in [6.45, 7) is 2.23. The number of carbonyl (C=O) groups excluding carboxylic acids is 1. The van der Waals surface area contributed by atoms with E-state index in [1.54, 1.807) is 25.3 Å². The van der Waals surface area contributed by atoms with Crippen molar-refractivity contribution in [1.29, 1.82) is 0 Å². The molecule has 40 heavy (non-hydrogen) atoms. The second-order valence-electron chi connectivity index (χ2n) is 11.5. The van der Waals surface area contributed by atoms with Crippen LogP contribution in [0.15, 0.2) is 48.6 Å². The van der Waals surface area contributed by atoms with E-state index < -0.39 is 16.1 Å². The predicted octanol–water partition coefficient (Wildman–Crippen LogP) is 4.38. The van der Waals surface area contributed by atoms with E-state index in [1.807, 2.05) is 12.1 Å². The Hall–Kier alpha value is -2.59. The molecule has 1 fully saturated rings. The van der Waals surface area contributed by atoms with Gasteiger partial charge in [-0.25, -0.2) is 4.72 Å². The molecule has 6 rings (SSSR count). The summed E-state index contributed by atoms with van der Waals surface area (Å²) in [6, 6.07) is 11.4. The number of nitrogens with one attached hydrogen (secondary N) is 2. The van der Waals surface area contributed by atoms with Gasteiger partial charge >= 0.3 is 10.2 Å². The standard InChI is InChI=1S/C30H36ClN3O5S/c1-38-27-6-2-3-14-32-40(36,37)33-29(35)21-8-12-28-26(16-21)34(17-22-7-10-24(22)27)18-30(19-39-28)13-4-5-20-15-23(31)9-11-25(20)30/h2,6,8-9,11-12,15-16,22,24,27,32H,3-5,7,10,13-14,17-19H2,1H3,(H,33,35)/b6-2+/t22-,24+,27-,30-/m0/s1. The Labute approximate surface area is 241 Å².